The number of rotatable bonds is 17. The summed E-state index contributed by atoms with van der Waals surface area (Å²) in [7, 11) is 4.67. The minimum Gasteiger partial charge on any atom is -0.481 e. The molecule has 6 aliphatic heterocycles. The molecule has 3 saturated carbocycles. The van der Waals surface area contributed by atoms with E-state index in [9.17, 15) is 81.8 Å². The standard InChI is InChI=1S/C22H22N2O7.C22H18N2O5.C17H13NO3.C12H12N2O.C8H4O6.C5H5NO2/c1-12(26)17-18(22(28)29)19(20(17)30-11-25)21(27)24-14-5-9-16(10-6-14)31-15-7-3-13(23-2)4-8-15;1-11-3-7-13(8-4-11)29-14-9-5-12(6-10-14)24-21(27)17-15-16(18(17)22(24)28)20(26)23(2)19(15)25;1-12-2-6-14(7-3-12)21-15-8-4-13(5-9-15)18-16(19)10-11-17(18)20;13-9-1-5-11(6-2-9)15-12-7-3-10(14)4-8-12;9-5-1-2(6(10)13-5)4-3(1)7(11)14-8(4)12;1-6-4(7)2-3-5(6)8/h3-11,17-20,23H,1-2H3,(H,24,27)(H,28,29);3-10,15-18H,1-2H3;2-11H,1H3;1-8H,13-14H2;1-4H;2-3H,1H3. The Kier molecular flexibility index (Phi) is 24.4. The number of aryl methyl sites for hydroxylation is 2. The molecule has 0 spiro atoms. The van der Waals surface area contributed by atoms with Crippen molar-refractivity contribution in [3.8, 4) is 46.0 Å². The quantitative estimate of drug-likeness (QED) is 0.0142. The summed E-state index contributed by atoms with van der Waals surface area (Å²) in [5, 5.41) is 15.1. The summed E-state index contributed by atoms with van der Waals surface area (Å²) < 4.78 is 36.3. The van der Waals surface area contributed by atoms with Gasteiger partial charge in [0, 0.05) is 68.2 Å². The molecule has 118 heavy (non-hydrogen) atoms. The highest BCUT2D eigenvalue weighted by Crippen LogP contribution is 2.58. The van der Waals surface area contributed by atoms with E-state index in [0.717, 1.165) is 65.0 Å². The highest BCUT2D eigenvalue weighted by molar-refractivity contribution is 6.29. The van der Waals surface area contributed by atoms with E-state index in [2.05, 4.69) is 20.1 Å². The molecular formula is C86H74N8O24. The third kappa shape index (κ3) is 17.4. The second-order valence-electron chi connectivity index (χ2n) is 28.0. The summed E-state index contributed by atoms with van der Waals surface area (Å²) in [4.78, 5) is 190. The van der Waals surface area contributed by atoms with Crippen LogP contribution in [0.25, 0.3) is 0 Å². The minimum absolute atomic E-state index is 0.119. The number of aliphatic carboxylic acids is 1. The Labute approximate surface area is 671 Å². The van der Waals surface area contributed by atoms with Crippen molar-refractivity contribution in [2.45, 2.75) is 26.9 Å². The first-order chi connectivity index (χ1) is 56.4. The Bertz CT molecular complexity index is 5190. The van der Waals surface area contributed by atoms with Crippen LogP contribution in [0.3, 0.4) is 0 Å². The molecule has 9 aliphatic rings. The van der Waals surface area contributed by atoms with Gasteiger partial charge in [-0.05, 0) is 191 Å². The van der Waals surface area contributed by atoms with Gasteiger partial charge in [0.2, 0.25) is 29.5 Å². The number of hydrogen-bond acceptors (Lipinski definition) is 26. The van der Waals surface area contributed by atoms with Gasteiger partial charge in [-0.2, -0.15) is 0 Å². The lowest BCUT2D eigenvalue weighted by Gasteiger charge is -2.45. The summed E-state index contributed by atoms with van der Waals surface area (Å²) >= 11 is 0. The van der Waals surface area contributed by atoms with Crippen LogP contribution >= 0.6 is 0 Å². The lowest BCUT2D eigenvalue weighted by molar-refractivity contribution is -0.185. The van der Waals surface area contributed by atoms with Gasteiger partial charge in [-0.1, -0.05) is 35.4 Å². The molecule has 17 rings (SSSR count). The molecule has 3 aliphatic carbocycles. The molecule has 32 nitrogen and oxygen atoms in total. The molecule has 0 aromatic heterocycles. The van der Waals surface area contributed by atoms with E-state index in [1.165, 1.54) is 45.3 Å². The van der Waals surface area contributed by atoms with Crippen LogP contribution in [0.4, 0.5) is 34.1 Å². The van der Waals surface area contributed by atoms with Crippen molar-refractivity contribution in [1.82, 2.24) is 9.80 Å². The maximum Gasteiger partial charge on any atom is 0.318 e. The zero-order valence-corrected chi connectivity index (χ0v) is 63.6. The van der Waals surface area contributed by atoms with E-state index in [-0.39, 0.29) is 41.9 Å². The van der Waals surface area contributed by atoms with Crippen molar-refractivity contribution in [3.63, 3.8) is 0 Å². The van der Waals surface area contributed by atoms with Crippen LogP contribution in [0.15, 0.2) is 218 Å². The zero-order valence-electron chi connectivity index (χ0n) is 63.6. The number of amides is 9. The number of benzene rings is 8. The van der Waals surface area contributed by atoms with Crippen molar-refractivity contribution in [3.05, 3.63) is 230 Å². The number of hydrogen-bond donors (Lipinski definition) is 5. The number of carboxylic acid groups (broad SMARTS) is 1. The van der Waals surface area contributed by atoms with Crippen LogP contribution in [-0.2, 0) is 90.9 Å². The summed E-state index contributed by atoms with van der Waals surface area (Å²) in [5.41, 5.74) is 17.2. The normalized spacial score (nSPS) is 22.8. The van der Waals surface area contributed by atoms with Crippen molar-refractivity contribution in [2.24, 2.45) is 65.1 Å². The molecule has 602 valence electrons. The molecule has 0 bridgehead atoms. The predicted molar refractivity (Wildman–Crippen MR) is 417 cm³/mol. The summed E-state index contributed by atoms with van der Waals surface area (Å²) in [5.74, 6) is -12.1. The maximum absolute atomic E-state index is 12.9. The van der Waals surface area contributed by atoms with E-state index in [0.29, 0.717) is 45.8 Å². The number of carbonyl (C=O) groups is 16. The van der Waals surface area contributed by atoms with Gasteiger partial charge in [0.05, 0.1) is 76.5 Å². The summed E-state index contributed by atoms with van der Waals surface area (Å²) in [6.07, 6.45) is 3.92. The van der Waals surface area contributed by atoms with E-state index in [1.54, 1.807) is 97.1 Å². The van der Waals surface area contributed by atoms with Gasteiger partial charge in [0.25, 0.3) is 30.1 Å². The number of carboxylic acids is 1. The third-order valence-electron chi connectivity index (χ3n) is 20.6. The predicted octanol–water partition coefficient (Wildman–Crippen LogP) is 8.71. The average molecular weight is 1600 g/mol. The minimum atomic E-state index is -1.29. The van der Waals surface area contributed by atoms with Gasteiger partial charge < -0.3 is 60.4 Å². The van der Waals surface area contributed by atoms with E-state index >= 15 is 0 Å². The van der Waals surface area contributed by atoms with Gasteiger partial charge in [0.15, 0.2) is 0 Å². The molecule has 32 heteroatoms. The Balaban J connectivity index is 0.000000136. The zero-order chi connectivity index (χ0) is 84.7. The van der Waals surface area contributed by atoms with Crippen molar-refractivity contribution >= 4 is 129 Å². The molecule has 7 N–H and O–H groups in total. The molecule has 7 fully saturated rings. The smallest absolute Gasteiger partial charge is 0.318 e. The highest BCUT2D eigenvalue weighted by atomic mass is 16.6. The largest absolute Gasteiger partial charge is 0.481 e. The monoisotopic (exact) mass is 1600 g/mol. The molecule has 9 amide bonds. The number of nitrogen functional groups attached to an aromatic ring is 2. The number of ketones is 1. The molecule has 0 radical (unpaired) electrons. The molecule has 6 heterocycles. The fourth-order valence-electron chi connectivity index (χ4n) is 14.4. The number of fused-ring (bicyclic) bond motifs is 8. The van der Waals surface area contributed by atoms with Crippen LogP contribution in [0.5, 0.6) is 46.0 Å². The lowest BCUT2D eigenvalue weighted by atomic mass is 9.59. The number of nitrogens with one attached hydrogen (secondary N) is 2. The number of nitrogens with zero attached hydrogens (tertiary/aromatic N) is 4. The topological polar surface area (TPSA) is 447 Å². The van der Waals surface area contributed by atoms with Crippen LogP contribution in [-0.4, -0.2) is 137 Å². The van der Waals surface area contributed by atoms with Gasteiger partial charge in [-0.15, -0.1) is 0 Å². The van der Waals surface area contributed by atoms with E-state index in [1.807, 2.05) is 118 Å². The summed E-state index contributed by atoms with van der Waals surface area (Å²) in [6.45, 7) is 5.33. The first-order valence-electron chi connectivity index (χ1n) is 36.5. The van der Waals surface area contributed by atoms with Gasteiger partial charge in [-0.3, -0.25) is 91.4 Å². The van der Waals surface area contributed by atoms with Crippen LogP contribution in [0.2, 0.25) is 0 Å². The summed E-state index contributed by atoms with van der Waals surface area (Å²) in [6, 6.07) is 57.1. The number of esters is 4. The van der Waals surface area contributed by atoms with Crippen LogP contribution in [0.1, 0.15) is 18.1 Å². The van der Waals surface area contributed by atoms with E-state index in [4.69, 9.17) is 35.2 Å². The maximum atomic E-state index is 12.9. The fraction of sp³-hybridized carbons (Fsp3) is 0.209. The number of ether oxygens (including phenoxy) is 7. The molecular weight excluding hydrogens is 1530 g/mol. The van der Waals surface area contributed by atoms with Crippen molar-refractivity contribution in [2.75, 3.05) is 53.0 Å². The second kappa shape index (κ2) is 35.0. The number of carbonyl (C=O) groups excluding carboxylic acids is 15. The first-order valence-corrected chi connectivity index (χ1v) is 36.5. The van der Waals surface area contributed by atoms with E-state index < -0.39 is 125 Å². The Morgan fingerprint density at radius 2 is 0.695 bits per heavy atom. The van der Waals surface area contributed by atoms with Gasteiger partial charge in [0.1, 0.15) is 57.9 Å². The highest BCUT2D eigenvalue weighted by Gasteiger charge is 2.74. The van der Waals surface area contributed by atoms with Crippen molar-refractivity contribution < 1.29 is 115 Å². The number of cyclic esters (lactones) is 4. The van der Waals surface area contributed by atoms with Gasteiger partial charge in [-0.25, -0.2) is 4.90 Å². The van der Waals surface area contributed by atoms with Gasteiger partial charge >= 0.3 is 29.8 Å². The molecule has 8 atom stereocenters. The number of likely N-dealkylation sites (N-methyl/N-ethyl adjacent to an activating group) is 1. The Hall–Kier alpha value is -15.2. The first kappa shape index (κ1) is 82.2. The average Bonchev–Trinajstić information content (AvgIpc) is 1.52. The SMILES string of the molecule is CN1C(=O)C=CC1=O.CNc1ccc(Oc2ccc(NC(=O)C3C(OC=O)C(C(C)=O)C3C(=O)O)cc2)cc1.Cc1ccc(Oc2ccc(N3C(=O)C4C5C(=O)N(C)C(=O)C5C4C3=O)cc2)cc1.Cc1ccc(Oc2ccc(N3C(=O)C=CC3=O)cc2)cc1.Nc1ccc(Oc2ccc(N)cc2)cc1.O=C1OC(=O)C2C1C1C(=O)OC(=O)C21. The Morgan fingerprint density at radius 1 is 0.390 bits per heavy atom. The fourth-order valence-corrected chi connectivity index (χ4v) is 14.4. The van der Waals surface area contributed by atoms with Crippen molar-refractivity contribution in [1.29, 1.82) is 0 Å². The molecule has 8 unspecified atom stereocenters. The third-order valence-corrected chi connectivity index (χ3v) is 20.6. The number of nitrogens with two attached hydrogens (primary N) is 2. The molecule has 8 aromatic rings. The second-order valence-corrected chi connectivity index (χ2v) is 28.0. The number of likely N-dealkylation sites (tertiary alicyclic amines) is 1. The molecule has 8 aromatic carbocycles. The Morgan fingerprint density at radius 3 is 1.01 bits per heavy atom. The number of anilines is 6. The van der Waals surface area contributed by atoms with Crippen LogP contribution < -0.4 is 50.8 Å². The van der Waals surface area contributed by atoms with Crippen LogP contribution in [0, 0.1) is 78.9 Å². The number of imide groups is 4. The number of Topliss-reactive ketones (excluding diaryl/α,β-unsaturated/α-hetero) is 1. The molecule has 4 saturated heterocycles. The lowest BCUT2D eigenvalue weighted by Crippen LogP contribution is -2.62.